The number of carbonyl (C=O) groups is 1. The van der Waals surface area contributed by atoms with Gasteiger partial charge in [-0.15, -0.1) is 0 Å². The molecule has 0 fully saturated rings. The maximum atomic E-state index is 12.8. The number of benzene rings is 3. The molecule has 0 unspecified atom stereocenters. The minimum absolute atomic E-state index is 0.0261. The topological polar surface area (TPSA) is 113 Å². The van der Waals surface area contributed by atoms with Crippen LogP contribution in [0.2, 0.25) is 10.0 Å². The number of carbonyl (C=O) groups excluding carboxylic acids is 1. The summed E-state index contributed by atoms with van der Waals surface area (Å²) in [6.07, 6.45) is 1.000. The van der Waals surface area contributed by atoms with Gasteiger partial charge >= 0.3 is 0 Å². The third-order valence-electron chi connectivity index (χ3n) is 5.05. The van der Waals surface area contributed by atoms with Crippen LogP contribution in [-0.4, -0.2) is 35.0 Å². The highest BCUT2D eigenvalue weighted by atomic mass is 35.5. The zero-order valence-electron chi connectivity index (χ0n) is 19.0. The van der Waals surface area contributed by atoms with Crippen LogP contribution in [0.25, 0.3) is 0 Å². The normalized spacial score (nSPS) is 12.6. The van der Waals surface area contributed by atoms with E-state index in [0.29, 0.717) is 27.0 Å². The molecular formula is C23H23Cl2N3O5S2. The van der Waals surface area contributed by atoms with Gasteiger partial charge in [-0.05, 0) is 80.1 Å². The Morgan fingerprint density at radius 2 is 1.46 bits per heavy atom. The number of amides is 1. The number of hydrogen-bond donors (Lipinski definition) is 2. The van der Waals surface area contributed by atoms with E-state index in [1.807, 2.05) is 0 Å². The van der Waals surface area contributed by atoms with E-state index < -0.39 is 32.0 Å². The van der Waals surface area contributed by atoms with Crippen molar-refractivity contribution in [1.82, 2.24) is 0 Å². The van der Waals surface area contributed by atoms with Crippen LogP contribution in [-0.2, 0) is 24.8 Å². The van der Waals surface area contributed by atoms with Crippen LogP contribution in [0.4, 0.5) is 17.1 Å². The van der Waals surface area contributed by atoms with Crippen molar-refractivity contribution in [2.75, 3.05) is 20.6 Å². The van der Waals surface area contributed by atoms with Crippen molar-refractivity contribution in [3.05, 3.63) is 82.3 Å². The SMILES string of the molecule is Cc1ccc(Cl)cc1NS(=O)(=O)c1ccc(NC(=O)[C@H](C)N(c2ccc(Cl)cc2)S(C)(=O)=O)cc1. The van der Waals surface area contributed by atoms with Gasteiger partial charge in [0.05, 0.1) is 22.5 Å². The van der Waals surface area contributed by atoms with Crippen LogP contribution in [0.1, 0.15) is 12.5 Å². The molecule has 0 aromatic heterocycles. The number of nitrogens with one attached hydrogen (secondary N) is 2. The molecule has 12 heteroatoms. The lowest BCUT2D eigenvalue weighted by Crippen LogP contribution is -2.45. The fraction of sp³-hybridized carbons (Fsp3) is 0.174. The van der Waals surface area contributed by atoms with E-state index in [4.69, 9.17) is 23.2 Å². The van der Waals surface area contributed by atoms with Crippen LogP contribution in [0, 0.1) is 6.92 Å². The van der Waals surface area contributed by atoms with Crippen LogP contribution in [0.3, 0.4) is 0 Å². The first-order chi connectivity index (χ1) is 16.3. The van der Waals surface area contributed by atoms with Crippen LogP contribution in [0.15, 0.2) is 71.6 Å². The molecule has 2 N–H and O–H groups in total. The van der Waals surface area contributed by atoms with Crippen molar-refractivity contribution in [2.45, 2.75) is 24.8 Å². The monoisotopic (exact) mass is 555 g/mol. The fourth-order valence-corrected chi connectivity index (χ4v) is 5.86. The Kier molecular flexibility index (Phi) is 8.00. The molecule has 35 heavy (non-hydrogen) atoms. The third-order valence-corrected chi connectivity index (χ3v) is 8.16. The third kappa shape index (κ3) is 6.66. The van der Waals surface area contributed by atoms with E-state index >= 15 is 0 Å². The molecule has 0 radical (unpaired) electrons. The second-order valence-electron chi connectivity index (χ2n) is 7.79. The largest absolute Gasteiger partial charge is 0.324 e. The van der Waals surface area contributed by atoms with E-state index in [9.17, 15) is 21.6 Å². The van der Waals surface area contributed by atoms with Gasteiger partial charge in [0.25, 0.3) is 10.0 Å². The lowest BCUT2D eigenvalue weighted by molar-refractivity contribution is -0.116. The van der Waals surface area contributed by atoms with Gasteiger partial charge in [0.1, 0.15) is 6.04 Å². The fourth-order valence-electron chi connectivity index (χ4n) is 3.27. The lowest BCUT2D eigenvalue weighted by Gasteiger charge is -2.28. The van der Waals surface area contributed by atoms with Crippen molar-refractivity contribution in [1.29, 1.82) is 0 Å². The summed E-state index contributed by atoms with van der Waals surface area (Å²) in [7, 11) is -7.70. The number of sulfonamides is 2. The predicted octanol–water partition coefficient (Wildman–Crippen LogP) is 4.90. The van der Waals surface area contributed by atoms with Gasteiger partial charge in [-0.3, -0.25) is 13.8 Å². The summed E-state index contributed by atoms with van der Waals surface area (Å²) in [5, 5.41) is 3.43. The van der Waals surface area contributed by atoms with Crippen molar-refractivity contribution in [3.63, 3.8) is 0 Å². The molecule has 0 saturated heterocycles. The molecule has 0 aliphatic rings. The summed E-state index contributed by atoms with van der Waals surface area (Å²) in [5.74, 6) is -0.603. The van der Waals surface area contributed by atoms with Gasteiger partial charge < -0.3 is 5.32 Å². The van der Waals surface area contributed by atoms with Gasteiger partial charge in [-0.2, -0.15) is 0 Å². The van der Waals surface area contributed by atoms with E-state index in [2.05, 4.69) is 10.0 Å². The Morgan fingerprint density at radius 1 is 0.886 bits per heavy atom. The first kappa shape index (κ1) is 26.8. The number of anilines is 3. The number of aryl methyl sites for hydroxylation is 1. The standard InChI is InChI=1S/C23H23Cl2N3O5S2/c1-15-4-5-18(25)14-22(15)27-35(32,33)21-12-8-19(9-13-21)26-23(29)16(2)28(34(3,30)31)20-10-6-17(24)7-11-20/h4-14,16,27H,1-3H3,(H,26,29)/t16-/m0/s1. The van der Waals surface area contributed by atoms with Crippen LogP contribution in [0.5, 0.6) is 0 Å². The van der Waals surface area contributed by atoms with E-state index in [0.717, 1.165) is 10.6 Å². The summed E-state index contributed by atoms with van der Waals surface area (Å²) in [5.41, 5.74) is 1.63. The quantitative estimate of drug-likeness (QED) is 0.410. The molecule has 3 aromatic rings. The van der Waals surface area contributed by atoms with Gasteiger partial charge in [0.15, 0.2) is 0 Å². The minimum Gasteiger partial charge on any atom is -0.324 e. The van der Waals surface area contributed by atoms with Crippen molar-refractivity contribution < 1.29 is 21.6 Å². The van der Waals surface area contributed by atoms with Gasteiger partial charge in [-0.1, -0.05) is 29.3 Å². The van der Waals surface area contributed by atoms with Gasteiger partial charge in [0.2, 0.25) is 15.9 Å². The molecule has 0 bridgehead atoms. The highest BCUT2D eigenvalue weighted by Gasteiger charge is 2.29. The summed E-state index contributed by atoms with van der Waals surface area (Å²) >= 11 is 11.8. The summed E-state index contributed by atoms with van der Waals surface area (Å²) in [6, 6.07) is 15.3. The number of rotatable bonds is 8. The van der Waals surface area contributed by atoms with Crippen LogP contribution < -0.4 is 14.3 Å². The zero-order chi connectivity index (χ0) is 26.0. The van der Waals surface area contributed by atoms with Gasteiger partial charge in [0, 0.05) is 15.7 Å². The molecular weight excluding hydrogens is 533 g/mol. The predicted molar refractivity (Wildman–Crippen MR) is 140 cm³/mol. The molecule has 186 valence electrons. The Bertz CT molecular complexity index is 1440. The lowest BCUT2D eigenvalue weighted by atomic mass is 10.2. The van der Waals surface area contributed by atoms with E-state index in [1.54, 1.807) is 19.1 Å². The molecule has 0 spiro atoms. The second-order valence-corrected chi connectivity index (χ2v) is 12.2. The highest BCUT2D eigenvalue weighted by molar-refractivity contribution is 7.92. The van der Waals surface area contributed by atoms with Crippen molar-refractivity contribution in [3.8, 4) is 0 Å². The van der Waals surface area contributed by atoms with Crippen LogP contribution >= 0.6 is 23.2 Å². The maximum Gasteiger partial charge on any atom is 0.261 e. The minimum atomic E-state index is -3.91. The average molecular weight is 556 g/mol. The maximum absolute atomic E-state index is 12.8. The molecule has 3 aromatic carbocycles. The molecule has 1 atom stereocenters. The highest BCUT2D eigenvalue weighted by Crippen LogP contribution is 2.26. The molecule has 0 aliphatic heterocycles. The molecule has 0 heterocycles. The number of hydrogen-bond acceptors (Lipinski definition) is 5. The Balaban J connectivity index is 1.77. The number of halogens is 2. The Labute approximate surface area is 215 Å². The molecule has 1 amide bonds. The molecule has 3 rings (SSSR count). The zero-order valence-corrected chi connectivity index (χ0v) is 22.1. The number of nitrogens with zero attached hydrogens (tertiary/aromatic N) is 1. The molecule has 0 saturated carbocycles. The Morgan fingerprint density at radius 3 is 2.03 bits per heavy atom. The first-order valence-electron chi connectivity index (χ1n) is 10.2. The summed E-state index contributed by atoms with van der Waals surface area (Å²) < 4.78 is 53.8. The summed E-state index contributed by atoms with van der Waals surface area (Å²) in [6.45, 7) is 3.19. The second kappa shape index (κ2) is 10.4. The average Bonchev–Trinajstić information content (AvgIpc) is 2.77. The van der Waals surface area contributed by atoms with E-state index in [-0.39, 0.29) is 10.6 Å². The molecule has 8 nitrogen and oxygen atoms in total. The van der Waals surface area contributed by atoms with Gasteiger partial charge in [-0.25, -0.2) is 16.8 Å². The summed E-state index contributed by atoms with van der Waals surface area (Å²) in [4.78, 5) is 12.8. The van der Waals surface area contributed by atoms with Crippen molar-refractivity contribution >= 4 is 66.2 Å². The smallest absolute Gasteiger partial charge is 0.261 e. The Hall–Kier alpha value is -2.79. The van der Waals surface area contributed by atoms with Crippen molar-refractivity contribution in [2.24, 2.45) is 0 Å². The van der Waals surface area contributed by atoms with E-state index in [1.165, 1.54) is 61.5 Å². The molecule has 0 aliphatic carbocycles. The first-order valence-corrected chi connectivity index (χ1v) is 14.3.